The van der Waals surface area contributed by atoms with Crippen molar-refractivity contribution < 1.29 is 14.3 Å². The van der Waals surface area contributed by atoms with Crippen LogP contribution in [0.15, 0.2) is 18.2 Å². The maximum atomic E-state index is 12.3. The van der Waals surface area contributed by atoms with Gasteiger partial charge >= 0.3 is 0 Å². The van der Waals surface area contributed by atoms with Crippen LogP contribution in [0.1, 0.15) is 18.1 Å². The van der Waals surface area contributed by atoms with Crippen molar-refractivity contribution in [1.82, 2.24) is 10.2 Å². The summed E-state index contributed by atoms with van der Waals surface area (Å²) in [5.41, 5.74) is 2.25. The minimum Gasteiger partial charge on any atom is -0.496 e. The van der Waals surface area contributed by atoms with Gasteiger partial charge in [0.1, 0.15) is 5.75 Å². The number of benzene rings is 1. The molecule has 0 aromatic heterocycles. The minimum atomic E-state index is -0.215. The molecule has 1 aliphatic heterocycles. The molecule has 0 bridgehead atoms. The number of nitrogens with one attached hydrogen (secondary N) is 1. The summed E-state index contributed by atoms with van der Waals surface area (Å²) in [5, 5.41) is 3.29. The van der Waals surface area contributed by atoms with Gasteiger partial charge in [0.15, 0.2) is 0 Å². The Hall–Kier alpha value is -1.59. The highest BCUT2D eigenvalue weighted by Gasteiger charge is 2.22. The number of ether oxygens (including phenoxy) is 2. The van der Waals surface area contributed by atoms with Crippen LogP contribution in [0.5, 0.6) is 5.75 Å². The van der Waals surface area contributed by atoms with E-state index >= 15 is 0 Å². The maximum Gasteiger partial charge on any atom is 0.239 e. The van der Waals surface area contributed by atoms with Gasteiger partial charge in [-0.2, -0.15) is 0 Å². The summed E-state index contributed by atoms with van der Waals surface area (Å²) in [4.78, 5) is 14.2. The van der Waals surface area contributed by atoms with Crippen molar-refractivity contribution in [3.8, 4) is 5.75 Å². The van der Waals surface area contributed by atoms with Crippen LogP contribution < -0.4 is 10.1 Å². The third kappa shape index (κ3) is 4.19. The van der Waals surface area contributed by atoms with Gasteiger partial charge in [0.2, 0.25) is 5.91 Å². The molecule has 0 saturated carbocycles. The first kappa shape index (κ1) is 15.8. The van der Waals surface area contributed by atoms with Crippen LogP contribution in [0.25, 0.3) is 0 Å². The van der Waals surface area contributed by atoms with Crippen LogP contribution in [-0.2, 0) is 16.1 Å². The van der Waals surface area contributed by atoms with Crippen LogP contribution >= 0.6 is 0 Å². The summed E-state index contributed by atoms with van der Waals surface area (Å²) in [5.74, 6) is 0.976. The Labute approximate surface area is 126 Å². The number of hydrogen-bond donors (Lipinski definition) is 1. The van der Waals surface area contributed by atoms with E-state index in [1.54, 1.807) is 7.11 Å². The van der Waals surface area contributed by atoms with E-state index in [4.69, 9.17) is 9.47 Å². The lowest BCUT2D eigenvalue weighted by Gasteiger charge is -2.29. The largest absolute Gasteiger partial charge is 0.496 e. The fraction of sp³-hybridized carbons (Fsp3) is 0.562. The molecule has 0 radical (unpaired) electrons. The Balaban J connectivity index is 1.92. The van der Waals surface area contributed by atoms with Gasteiger partial charge in [-0.25, -0.2) is 0 Å². The Kier molecular flexibility index (Phi) is 5.59. The molecule has 1 fully saturated rings. The molecule has 1 saturated heterocycles. The lowest BCUT2D eigenvalue weighted by atomic mass is 10.1. The number of morpholine rings is 1. The van der Waals surface area contributed by atoms with Crippen LogP contribution in [0.3, 0.4) is 0 Å². The first-order valence-electron chi connectivity index (χ1n) is 7.35. The van der Waals surface area contributed by atoms with Crippen LogP contribution in [0, 0.1) is 6.92 Å². The van der Waals surface area contributed by atoms with Crippen LogP contribution in [-0.4, -0.2) is 50.3 Å². The zero-order valence-electron chi connectivity index (χ0n) is 13.0. The fourth-order valence-electron chi connectivity index (χ4n) is 2.45. The van der Waals surface area contributed by atoms with E-state index in [-0.39, 0.29) is 11.9 Å². The summed E-state index contributed by atoms with van der Waals surface area (Å²) < 4.78 is 10.6. The zero-order valence-corrected chi connectivity index (χ0v) is 13.0. The molecule has 21 heavy (non-hydrogen) atoms. The summed E-state index contributed by atoms with van der Waals surface area (Å²) >= 11 is 0. The third-order valence-corrected chi connectivity index (χ3v) is 3.73. The molecule has 1 aromatic carbocycles. The summed E-state index contributed by atoms with van der Waals surface area (Å²) in [6, 6.07) is 5.84. The second-order valence-electron chi connectivity index (χ2n) is 5.36. The molecule has 0 aliphatic carbocycles. The number of methoxy groups -OCH3 is 1. The fourth-order valence-corrected chi connectivity index (χ4v) is 2.45. The molecular formula is C16H24N2O3. The van der Waals surface area contributed by atoms with Crippen molar-refractivity contribution in [3.05, 3.63) is 29.3 Å². The normalized spacial score (nSPS) is 16.6. The number of rotatable bonds is 5. The standard InChI is InChI=1S/C16H24N2O3/c1-12-4-5-15(20-3)14(10-12)11-17-13(2)16(19)18-6-8-21-9-7-18/h4-5,10,13,17H,6-9,11H2,1-3H3. The minimum absolute atomic E-state index is 0.130. The Bertz CT molecular complexity index is 484. The van der Waals surface area contributed by atoms with Gasteiger partial charge in [0.05, 0.1) is 26.4 Å². The summed E-state index contributed by atoms with van der Waals surface area (Å²) in [6.07, 6.45) is 0. The number of carbonyl (C=O) groups is 1. The van der Waals surface area contributed by atoms with E-state index in [1.165, 1.54) is 5.56 Å². The van der Waals surface area contributed by atoms with Crippen molar-refractivity contribution in [2.45, 2.75) is 26.4 Å². The molecule has 2 rings (SSSR count). The zero-order chi connectivity index (χ0) is 15.2. The molecule has 1 aromatic rings. The lowest BCUT2D eigenvalue weighted by molar-refractivity contribution is -0.137. The van der Waals surface area contributed by atoms with Crippen molar-refractivity contribution in [3.63, 3.8) is 0 Å². The van der Waals surface area contributed by atoms with E-state index < -0.39 is 0 Å². The quantitative estimate of drug-likeness (QED) is 0.890. The van der Waals surface area contributed by atoms with Crippen LogP contribution in [0.2, 0.25) is 0 Å². The smallest absolute Gasteiger partial charge is 0.239 e. The topological polar surface area (TPSA) is 50.8 Å². The molecule has 5 nitrogen and oxygen atoms in total. The second kappa shape index (κ2) is 7.43. The van der Waals surface area contributed by atoms with Gasteiger partial charge in [0, 0.05) is 25.2 Å². The van der Waals surface area contributed by atoms with Crippen molar-refractivity contribution in [2.75, 3.05) is 33.4 Å². The molecule has 116 valence electrons. The second-order valence-corrected chi connectivity index (χ2v) is 5.36. The molecule has 1 amide bonds. The van der Waals surface area contributed by atoms with Gasteiger partial charge < -0.3 is 19.7 Å². The van der Waals surface area contributed by atoms with E-state index in [0.717, 1.165) is 11.3 Å². The molecular weight excluding hydrogens is 268 g/mol. The number of nitrogens with zero attached hydrogens (tertiary/aromatic N) is 1. The molecule has 1 unspecified atom stereocenters. The molecule has 1 atom stereocenters. The van der Waals surface area contributed by atoms with Gasteiger partial charge in [-0.3, -0.25) is 4.79 Å². The number of carbonyl (C=O) groups excluding carboxylic acids is 1. The highest BCUT2D eigenvalue weighted by Crippen LogP contribution is 2.19. The Morgan fingerprint density at radius 3 is 2.81 bits per heavy atom. The predicted molar refractivity (Wildman–Crippen MR) is 81.4 cm³/mol. The number of amides is 1. The Morgan fingerprint density at radius 2 is 2.14 bits per heavy atom. The first-order valence-corrected chi connectivity index (χ1v) is 7.35. The first-order chi connectivity index (χ1) is 10.1. The van der Waals surface area contributed by atoms with Gasteiger partial charge in [-0.15, -0.1) is 0 Å². The average molecular weight is 292 g/mol. The summed E-state index contributed by atoms with van der Waals surface area (Å²) in [7, 11) is 1.66. The number of hydrogen-bond acceptors (Lipinski definition) is 4. The molecule has 5 heteroatoms. The van der Waals surface area contributed by atoms with Crippen molar-refractivity contribution in [2.24, 2.45) is 0 Å². The van der Waals surface area contributed by atoms with Gasteiger partial charge in [0.25, 0.3) is 0 Å². The maximum absolute atomic E-state index is 12.3. The number of aryl methyl sites for hydroxylation is 1. The summed E-state index contributed by atoms with van der Waals surface area (Å²) in [6.45, 7) is 7.18. The average Bonchev–Trinajstić information content (AvgIpc) is 2.52. The highest BCUT2D eigenvalue weighted by molar-refractivity contribution is 5.81. The van der Waals surface area contributed by atoms with Crippen molar-refractivity contribution >= 4 is 5.91 Å². The third-order valence-electron chi connectivity index (χ3n) is 3.73. The van der Waals surface area contributed by atoms with Gasteiger partial charge in [-0.05, 0) is 19.9 Å². The van der Waals surface area contributed by atoms with E-state index in [1.807, 2.05) is 30.9 Å². The lowest BCUT2D eigenvalue weighted by Crippen LogP contribution is -2.49. The van der Waals surface area contributed by atoms with Crippen LogP contribution in [0.4, 0.5) is 0 Å². The Morgan fingerprint density at radius 1 is 1.43 bits per heavy atom. The molecule has 0 spiro atoms. The predicted octanol–water partition coefficient (Wildman–Crippen LogP) is 1.34. The highest BCUT2D eigenvalue weighted by atomic mass is 16.5. The van der Waals surface area contributed by atoms with Gasteiger partial charge in [-0.1, -0.05) is 17.7 Å². The van der Waals surface area contributed by atoms with E-state index in [0.29, 0.717) is 32.8 Å². The van der Waals surface area contributed by atoms with Crippen molar-refractivity contribution in [1.29, 1.82) is 0 Å². The SMILES string of the molecule is COc1ccc(C)cc1CNC(C)C(=O)N1CCOCC1. The van der Waals surface area contributed by atoms with E-state index in [9.17, 15) is 4.79 Å². The molecule has 1 heterocycles. The van der Waals surface area contributed by atoms with E-state index in [2.05, 4.69) is 11.4 Å². The monoisotopic (exact) mass is 292 g/mol. The molecule has 1 N–H and O–H groups in total. The molecule has 1 aliphatic rings.